The summed E-state index contributed by atoms with van der Waals surface area (Å²) in [5, 5.41) is 0. The maximum absolute atomic E-state index is 2.23. The van der Waals surface area contributed by atoms with Gasteiger partial charge in [-0.15, -0.1) is 0 Å². The van der Waals surface area contributed by atoms with Crippen LogP contribution in [0.1, 0.15) is 6.42 Å². The standard InChI is InChI=1S/C22H20N2/c1-2-8-22(9-3-1)24-16-12-21(13-17-24)20-10-14-23(15-11-20)18-19-6-4-5-7-19/h1-6,8-17H,7,18H2/q+2. The molecule has 0 saturated carbocycles. The minimum Gasteiger partial charge on any atom is -0.201 e. The normalized spacial score (nSPS) is 13.1. The Morgan fingerprint density at radius 3 is 2.04 bits per heavy atom. The monoisotopic (exact) mass is 312 g/mol. The highest BCUT2D eigenvalue weighted by Gasteiger charge is 2.09. The first-order chi connectivity index (χ1) is 11.9. The van der Waals surface area contributed by atoms with Gasteiger partial charge in [0.2, 0.25) is 5.69 Å². The molecule has 2 heteroatoms. The quantitative estimate of drug-likeness (QED) is 0.647. The molecule has 2 heterocycles. The van der Waals surface area contributed by atoms with Gasteiger partial charge in [0.15, 0.2) is 31.3 Å². The summed E-state index contributed by atoms with van der Waals surface area (Å²) < 4.78 is 4.36. The van der Waals surface area contributed by atoms with E-state index in [9.17, 15) is 0 Å². The Hall–Kier alpha value is -3.00. The van der Waals surface area contributed by atoms with Crippen molar-refractivity contribution in [3.63, 3.8) is 0 Å². The summed E-state index contributed by atoms with van der Waals surface area (Å²) in [5.41, 5.74) is 5.10. The van der Waals surface area contributed by atoms with Crippen molar-refractivity contribution < 1.29 is 9.13 Å². The van der Waals surface area contributed by atoms with Crippen molar-refractivity contribution in [1.29, 1.82) is 0 Å². The van der Waals surface area contributed by atoms with Gasteiger partial charge in [-0.3, -0.25) is 0 Å². The Bertz CT molecular complexity index is 874. The number of para-hydroxylation sites is 1. The second-order valence-electron chi connectivity index (χ2n) is 6.05. The first-order valence-electron chi connectivity index (χ1n) is 8.29. The molecule has 0 N–H and O–H groups in total. The summed E-state index contributed by atoms with van der Waals surface area (Å²) in [6.07, 6.45) is 16.2. The summed E-state index contributed by atoms with van der Waals surface area (Å²) in [6.45, 7) is 0.968. The fourth-order valence-electron chi connectivity index (χ4n) is 2.99. The predicted octanol–water partition coefficient (Wildman–Crippen LogP) is 3.80. The molecular weight excluding hydrogens is 292 g/mol. The van der Waals surface area contributed by atoms with Crippen LogP contribution < -0.4 is 9.13 Å². The van der Waals surface area contributed by atoms with Crippen molar-refractivity contribution in [3.05, 3.63) is 103 Å². The van der Waals surface area contributed by atoms with Crippen LogP contribution in [0.4, 0.5) is 0 Å². The molecular formula is C22H20N2+2. The lowest BCUT2D eigenvalue weighted by Gasteiger charge is -2.02. The molecule has 4 rings (SSSR count). The van der Waals surface area contributed by atoms with Gasteiger partial charge in [0.25, 0.3) is 0 Å². The van der Waals surface area contributed by atoms with E-state index in [0.717, 1.165) is 13.0 Å². The van der Waals surface area contributed by atoms with Crippen molar-refractivity contribution in [1.82, 2.24) is 0 Å². The van der Waals surface area contributed by atoms with E-state index in [1.165, 1.54) is 22.4 Å². The summed E-state index contributed by atoms with van der Waals surface area (Å²) in [6, 6.07) is 19.1. The first kappa shape index (κ1) is 14.6. The molecule has 1 aliphatic carbocycles. The highest BCUT2D eigenvalue weighted by molar-refractivity contribution is 5.61. The van der Waals surface area contributed by atoms with Crippen LogP contribution in [0, 0.1) is 0 Å². The van der Waals surface area contributed by atoms with Gasteiger partial charge in [-0.2, -0.15) is 4.57 Å². The summed E-state index contributed by atoms with van der Waals surface area (Å²) in [7, 11) is 0. The van der Waals surface area contributed by atoms with Crippen molar-refractivity contribution in [2.75, 3.05) is 0 Å². The smallest absolute Gasteiger partial charge is 0.201 e. The summed E-state index contributed by atoms with van der Waals surface area (Å²) in [5.74, 6) is 0. The Kier molecular flexibility index (Phi) is 4.03. The summed E-state index contributed by atoms with van der Waals surface area (Å²) >= 11 is 0. The van der Waals surface area contributed by atoms with E-state index in [4.69, 9.17) is 0 Å². The zero-order chi connectivity index (χ0) is 16.2. The largest absolute Gasteiger partial charge is 0.210 e. The Balaban J connectivity index is 1.51. The van der Waals surface area contributed by atoms with E-state index in [0.29, 0.717) is 0 Å². The lowest BCUT2D eigenvalue weighted by Crippen LogP contribution is -2.33. The van der Waals surface area contributed by atoms with Gasteiger partial charge < -0.3 is 0 Å². The molecule has 0 radical (unpaired) electrons. The van der Waals surface area contributed by atoms with E-state index < -0.39 is 0 Å². The lowest BCUT2D eigenvalue weighted by atomic mass is 10.1. The van der Waals surface area contributed by atoms with E-state index in [2.05, 4.69) is 101 Å². The van der Waals surface area contributed by atoms with Crippen molar-refractivity contribution in [2.24, 2.45) is 0 Å². The van der Waals surface area contributed by atoms with Crippen molar-refractivity contribution >= 4 is 0 Å². The molecule has 0 bridgehead atoms. The molecule has 0 fully saturated rings. The zero-order valence-corrected chi connectivity index (χ0v) is 13.5. The van der Waals surface area contributed by atoms with Crippen LogP contribution in [0.2, 0.25) is 0 Å². The third-order valence-corrected chi connectivity index (χ3v) is 4.34. The maximum Gasteiger partial charge on any atom is 0.210 e. The zero-order valence-electron chi connectivity index (χ0n) is 13.5. The van der Waals surface area contributed by atoms with E-state index in [-0.39, 0.29) is 0 Å². The number of benzene rings is 1. The van der Waals surface area contributed by atoms with Gasteiger partial charge in [-0.1, -0.05) is 36.4 Å². The van der Waals surface area contributed by atoms with Crippen LogP contribution in [0.15, 0.2) is 103 Å². The van der Waals surface area contributed by atoms with Crippen LogP contribution in [-0.2, 0) is 6.54 Å². The van der Waals surface area contributed by atoms with Gasteiger partial charge >= 0.3 is 0 Å². The van der Waals surface area contributed by atoms with E-state index in [1.807, 2.05) is 6.07 Å². The van der Waals surface area contributed by atoms with Crippen LogP contribution in [0.5, 0.6) is 0 Å². The molecule has 0 amide bonds. The number of nitrogens with zero attached hydrogens (tertiary/aromatic N) is 2. The van der Waals surface area contributed by atoms with E-state index in [1.54, 1.807) is 0 Å². The SMILES string of the molecule is C1=CCC(C[n+]2ccc(-c3cc[n+](-c4ccccc4)cc3)cc2)=C1. The first-order valence-corrected chi connectivity index (χ1v) is 8.29. The average Bonchev–Trinajstić information content (AvgIpc) is 3.16. The number of hydrogen-bond acceptors (Lipinski definition) is 0. The number of aromatic nitrogens is 2. The average molecular weight is 312 g/mol. The van der Waals surface area contributed by atoms with Crippen molar-refractivity contribution in [2.45, 2.75) is 13.0 Å². The van der Waals surface area contributed by atoms with Gasteiger partial charge in [0, 0.05) is 36.4 Å². The Morgan fingerprint density at radius 2 is 1.42 bits per heavy atom. The minimum absolute atomic E-state index is 0.968. The van der Waals surface area contributed by atoms with Crippen LogP contribution in [0.25, 0.3) is 16.8 Å². The fraction of sp³-hybridized carbons (Fsp3) is 0.0909. The van der Waals surface area contributed by atoms with Gasteiger partial charge in [0.1, 0.15) is 0 Å². The summed E-state index contributed by atoms with van der Waals surface area (Å²) in [4.78, 5) is 0. The number of hydrogen-bond donors (Lipinski definition) is 0. The van der Waals surface area contributed by atoms with Crippen LogP contribution in [0.3, 0.4) is 0 Å². The van der Waals surface area contributed by atoms with Crippen LogP contribution >= 0.6 is 0 Å². The topological polar surface area (TPSA) is 7.76 Å². The molecule has 1 aliphatic rings. The predicted molar refractivity (Wildman–Crippen MR) is 95.4 cm³/mol. The molecule has 0 spiro atoms. The van der Waals surface area contributed by atoms with Gasteiger partial charge in [0.05, 0.1) is 0 Å². The number of allylic oxidation sites excluding steroid dienone is 4. The molecule has 0 saturated heterocycles. The molecule has 1 aromatic carbocycles. The third-order valence-electron chi connectivity index (χ3n) is 4.34. The second kappa shape index (κ2) is 6.63. The third kappa shape index (κ3) is 3.18. The highest BCUT2D eigenvalue weighted by Crippen LogP contribution is 2.16. The molecule has 116 valence electrons. The second-order valence-corrected chi connectivity index (χ2v) is 6.05. The Morgan fingerprint density at radius 1 is 0.750 bits per heavy atom. The van der Waals surface area contributed by atoms with E-state index >= 15 is 0 Å². The highest BCUT2D eigenvalue weighted by atomic mass is 14.9. The van der Waals surface area contributed by atoms with Crippen molar-refractivity contribution in [3.8, 4) is 16.8 Å². The van der Waals surface area contributed by atoms with Crippen LogP contribution in [-0.4, -0.2) is 0 Å². The fourth-order valence-corrected chi connectivity index (χ4v) is 2.99. The number of rotatable bonds is 4. The molecule has 2 aromatic heterocycles. The molecule has 0 aliphatic heterocycles. The lowest BCUT2D eigenvalue weighted by molar-refractivity contribution is -0.689. The molecule has 2 nitrogen and oxygen atoms in total. The molecule has 24 heavy (non-hydrogen) atoms. The molecule has 0 unspecified atom stereocenters. The molecule has 0 atom stereocenters. The van der Waals surface area contributed by atoms with Gasteiger partial charge in [-0.05, 0) is 23.1 Å². The number of pyridine rings is 2. The van der Waals surface area contributed by atoms with Gasteiger partial charge in [-0.25, -0.2) is 4.57 Å². The molecule has 3 aromatic rings. The minimum atomic E-state index is 0.968. The maximum atomic E-state index is 2.23. The Labute approximate surface area is 142 Å².